The highest BCUT2D eigenvalue weighted by molar-refractivity contribution is 7.12. The molecule has 4 nitrogen and oxygen atoms in total. The van der Waals surface area contributed by atoms with Crippen molar-refractivity contribution in [3.8, 4) is 0 Å². The summed E-state index contributed by atoms with van der Waals surface area (Å²) in [6.07, 6.45) is 2.56. The third kappa shape index (κ3) is 1.84. The number of carbonyl (C=O) groups is 2. The van der Waals surface area contributed by atoms with Gasteiger partial charge in [-0.2, -0.15) is 0 Å². The number of rotatable bonds is 2. The van der Waals surface area contributed by atoms with Crippen molar-refractivity contribution in [2.24, 2.45) is 0 Å². The second-order valence-corrected chi connectivity index (χ2v) is 5.49. The van der Waals surface area contributed by atoms with E-state index in [0.717, 1.165) is 42.9 Å². The van der Waals surface area contributed by atoms with Crippen LogP contribution in [0.5, 0.6) is 0 Å². The molecule has 1 unspecified atom stereocenters. The number of nitrogens with zero attached hydrogens (tertiary/aromatic N) is 2. The Morgan fingerprint density at radius 1 is 1.41 bits per heavy atom. The van der Waals surface area contributed by atoms with Crippen molar-refractivity contribution in [1.29, 1.82) is 0 Å². The van der Waals surface area contributed by atoms with Gasteiger partial charge in [-0.25, -0.2) is 0 Å². The highest BCUT2D eigenvalue weighted by Crippen LogP contribution is 2.28. The summed E-state index contributed by atoms with van der Waals surface area (Å²) in [6, 6.07) is 2.31. The lowest BCUT2D eigenvalue weighted by Gasteiger charge is -2.38. The Morgan fingerprint density at radius 2 is 2.29 bits per heavy atom. The van der Waals surface area contributed by atoms with Gasteiger partial charge in [-0.1, -0.05) is 0 Å². The molecule has 0 aliphatic carbocycles. The number of anilines is 1. The normalized spacial score (nSPS) is 24.0. The minimum absolute atomic E-state index is 0.300. The molecular weight excluding hydrogens is 236 g/mol. The first-order chi connectivity index (χ1) is 8.28. The van der Waals surface area contributed by atoms with Crippen LogP contribution in [0.4, 0.5) is 5.69 Å². The molecule has 1 amide bonds. The maximum absolute atomic E-state index is 11.6. The first-order valence-electron chi connectivity index (χ1n) is 5.86. The van der Waals surface area contributed by atoms with Gasteiger partial charge in [0.25, 0.3) is 0 Å². The van der Waals surface area contributed by atoms with E-state index < -0.39 is 0 Å². The van der Waals surface area contributed by atoms with Gasteiger partial charge in [-0.3, -0.25) is 9.59 Å². The molecule has 2 fully saturated rings. The Kier molecular flexibility index (Phi) is 2.63. The van der Waals surface area contributed by atoms with Gasteiger partial charge >= 0.3 is 0 Å². The van der Waals surface area contributed by atoms with Crippen molar-refractivity contribution < 1.29 is 9.59 Å². The second kappa shape index (κ2) is 4.14. The van der Waals surface area contributed by atoms with Crippen LogP contribution in [0.3, 0.4) is 0 Å². The molecule has 2 saturated heterocycles. The van der Waals surface area contributed by atoms with E-state index in [9.17, 15) is 9.59 Å². The molecule has 3 rings (SSSR count). The number of hydrogen-bond acceptors (Lipinski definition) is 4. The van der Waals surface area contributed by atoms with Gasteiger partial charge in [0.1, 0.15) is 0 Å². The predicted octanol–water partition coefficient (Wildman–Crippen LogP) is 1.37. The summed E-state index contributed by atoms with van der Waals surface area (Å²) in [4.78, 5) is 27.3. The molecule has 0 spiro atoms. The van der Waals surface area contributed by atoms with Crippen molar-refractivity contribution in [1.82, 2.24) is 4.90 Å². The Hall–Kier alpha value is -1.36. The molecule has 5 heteroatoms. The molecule has 0 saturated carbocycles. The predicted molar refractivity (Wildman–Crippen MR) is 66.7 cm³/mol. The Balaban J connectivity index is 1.74. The maximum atomic E-state index is 11.6. The number of carbonyl (C=O) groups excluding carboxylic acids is 2. The van der Waals surface area contributed by atoms with Gasteiger partial charge in [-0.05, 0) is 12.5 Å². The molecule has 0 N–H and O–H groups in total. The van der Waals surface area contributed by atoms with Gasteiger partial charge in [0.15, 0.2) is 6.29 Å². The molecule has 17 heavy (non-hydrogen) atoms. The summed E-state index contributed by atoms with van der Waals surface area (Å²) in [5.74, 6) is 0.300. The molecule has 0 aromatic carbocycles. The zero-order valence-corrected chi connectivity index (χ0v) is 10.3. The van der Waals surface area contributed by atoms with Crippen LogP contribution in [0.25, 0.3) is 0 Å². The highest BCUT2D eigenvalue weighted by atomic mass is 32.1. The van der Waals surface area contributed by atoms with Crippen LogP contribution in [0.1, 0.15) is 22.5 Å². The van der Waals surface area contributed by atoms with Crippen LogP contribution in [-0.2, 0) is 4.79 Å². The van der Waals surface area contributed by atoms with Crippen LogP contribution < -0.4 is 4.90 Å². The lowest BCUT2D eigenvalue weighted by Crippen LogP contribution is -2.51. The molecule has 2 aliphatic rings. The number of hydrogen-bond donors (Lipinski definition) is 0. The minimum Gasteiger partial charge on any atom is -0.367 e. The summed E-state index contributed by atoms with van der Waals surface area (Å²) >= 11 is 1.48. The zero-order chi connectivity index (χ0) is 11.8. The second-order valence-electron chi connectivity index (χ2n) is 4.55. The third-order valence-electron chi connectivity index (χ3n) is 3.58. The molecule has 2 aliphatic heterocycles. The van der Waals surface area contributed by atoms with Crippen molar-refractivity contribution >= 4 is 29.2 Å². The van der Waals surface area contributed by atoms with Crippen LogP contribution in [0.2, 0.25) is 0 Å². The molecule has 0 radical (unpaired) electrons. The van der Waals surface area contributed by atoms with Gasteiger partial charge in [0, 0.05) is 43.2 Å². The van der Waals surface area contributed by atoms with E-state index in [0.29, 0.717) is 18.4 Å². The lowest BCUT2D eigenvalue weighted by atomic mass is 10.1. The average molecular weight is 250 g/mol. The molecular formula is C12H14N2O2S. The van der Waals surface area contributed by atoms with E-state index >= 15 is 0 Å². The van der Waals surface area contributed by atoms with E-state index in [1.165, 1.54) is 11.3 Å². The smallest absolute Gasteiger partial charge is 0.223 e. The Labute approximate surface area is 104 Å². The van der Waals surface area contributed by atoms with E-state index in [1.54, 1.807) is 0 Å². The topological polar surface area (TPSA) is 40.6 Å². The molecule has 90 valence electrons. The zero-order valence-electron chi connectivity index (χ0n) is 9.46. The van der Waals surface area contributed by atoms with Crippen molar-refractivity contribution in [3.05, 3.63) is 16.3 Å². The molecule has 3 heterocycles. The number of fused-ring (bicyclic) bond motifs is 1. The summed E-state index contributed by atoms with van der Waals surface area (Å²) in [6.45, 7) is 2.59. The minimum atomic E-state index is 0.300. The fourth-order valence-electron chi connectivity index (χ4n) is 2.67. The van der Waals surface area contributed by atoms with Crippen LogP contribution in [0.15, 0.2) is 11.4 Å². The van der Waals surface area contributed by atoms with E-state index in [4.69, 9.17) is 0 Å². The largest absolute Gasteiger partial charge is 0.367 e. The fourth-order valence-corrected chi connectivity index (χ4v) is 3.39. The fraction of sp³-hybridized carbons (Fsp3) is 0.500. The quantitative estimate of drug-likeness (QED) is 0.744. The Morgan fingerprint density at radius 3 is 3.06 bits per heavy atom. The monoisotopic (exact) mass is 250 g/mol. The molecule has 1 aromatic heterocycles. The third-order valence-corrected chi connectivity index (χ3v) is 4.43. The van der Waals surface area contributed by atoms with Crippen molar-refractivity contribution in [2.45, 2.75) is 18.9 Å². The first kappa shape index (κ1) is 10.8. The average Bonchev–Trinajstić information content (AvgIpc) is 2.96. The van der Waals surface area contributed by atoms with Gasteiger partial charge in [-0.15, -0.1) is 11.3 Å². The summed E-state index contributed by atoms with van der Waals surface area (Å²) in [7, 11) is 0. The van der Waals surface area contributed by atoms with E-state index in [2.05, 4.69) is 4.90 Å². The van der Waals surface area contributed by atoms with Crippen LogP contribution >= 0.6 is 11.3 Å². The summed E-state index contributed by atoms with van der Waals surface area (Å²) < 4.78 is 0. The highest BCUT2D eigenvalue weighted by Gasteiger charge is 2.35. The Bertz CT molecular complexity index is 457. The maximum Gasteiger partial charge on any atom is 0.223 e. The van der Waals surface area contributed by atoms with Gasteiger partial charge in [0.05, 0.1) is 4.88 Å². The van der Waals surface area contributed by atoms with Crippen molar-refractivity contribution in [2.75, 3.05) is 24.5 Å². The number of amides is 1. The van der Waals surface area contributed by atoms with E-state index in [1.807, 2.05) is 16.3 Å². The van der Waals surface area contributed by atoms with Crippen LogP contribution in [-0.4, -0.2) is 42.8 Å². The molecule has 0 bridgehead atoms. The SMILES string of the molecule is O=Cc1cc(N2CCN3C(=O)CCC3C2)cs1. The van der Waals surface area contributed by atoms with E-state index in [-0.39, 0.29) is 0 Å². The van der Waals surface area contributed by atoms with Crippen LogP contribution in [0, 0.1) is 0 Å². The molecule has 1 aromatic rings. The number of thiophene rings is 1. The van der Waals surface area contributed by atoms with Crippen molar-refractivity contribution in [3.63, 3.8) is 0 Å². The standard InChI is InChI=1S/C12H14N2O2S/c15-7-11-5-10(8-17-11)13-3-4-14-9(6-13)1-2-12(14)16/h5,7-9H,1-4,6H2. The number of piperazine rings is 1. The van der Waals surface area contributed by atoms with Gasteiger partial charge < -0.3 is 9.80 Å². The van der Waals surface area contributed by atoms with Gasteiger partial charge in [0.2, 0.25) is 5.91 Å². The summed E-state index contributed by atoms with van der Waals surface area (Å²) in [5.41, 5.74) is 1.12. The number of aldehydes is 1. The molecule has 1 atom stereocenters. The first-order valence-corrected chi connectivity index (χ1v) is 6.74. The lowest BCUT2D eigenvalue weighted by molar-refractivity contribution is -0.129. The summed E-state index contributed by atoms with van der Waals surface area (Å²) in [5, 5.41) is 2.02.